The van der Waals surface area contributed by atoms with Crippen LogP contribution in [0.1, 0.15) is 27.2 Å². The SMILES string of the molecule is CC(C)(C)CC1C=CCO1. The maximum atomic E-state index is 5.42. The topological polar surface area (TPSA) is 9.23 Å². The lowest BCUT2D eigenvalue weighted by Crippen LogP contribution is -2.16. The summed E-state index contributed by atoms with van der Waals surface area (Å²) in [4.78, 5) is 0. The molecule has 0 aromatic rings. The molecule has 1 heterocycles. The van der Waals surface area contributed by atoms with Gasteiger partial charge in [-0.2, -0.15) is 0 Å². The van der Waals surface area contributed by atoms with Gasteiger partial charge in [0.15, 0.2) is 0 Å². The molecule has 0 aliphatic carbocycles. The first kappa shape index (κ1) is 7.80. The summed E-state index contributed by atoms with van der Waals surface area (Å²) in [6.45, 7) is 7.52. The first-order chi connectivity index (χ1) is 4.58. The molecule has 1 heteroatoms. The van der Waals surface area contributed by atoms with Crippen molar-refractivity contribution < 1.29 is 4.74 Å². The number of rotatable bonds is 1. The van der Waals surface area contributed by atoms with Gasteiger partial charge in [-0.05, 0) is 11.8 Å². The summed E-state index contributed by atoms with van der Waals surface area (Å²) in [6, 6.07) is 0. The van der Waals surface area contributed by atoms with Crippen molar-refractivity contribution in [3.05, 3.63) is 12.2 Å². The molecule has 0 aromatic carbocycles. The smallest absolute Gasteiger partial charge is 0.0765 e. The summed E-state index contributed by atoms with van der Waals surface area (Å²) in [5.74, 6) is 0. The molecule has 0 spiro atoms. The summed E-state index contributed by atoms with van der Waals surface area (Å²) in [7, 11) is 0. The van der Waals surface area contributed by atoms with E-state index in [1.165, 1.54) is 0 Å². The van der Waals surface area contributed by atoms with E-state index in [9.17, 15) is 0 Å². The third-order valence-corrected chi connectivity index (χ3v) is 1.57. The third kappa shape index (κ3) is 2.53. The summed E-state index contributed by atoms with van der Waals surface area (Å²) in [5, 5.41) is 0. The van der Waals surface area contributed by atoms with Crippen LogP contribution in [0.3, 0.4) is 0 Å². The maximum absolute atomic E-state index is 5.42. The lowest BCUT2D eigenvalue weighted by atomic mass is 9.89. The fourth-order valence-corrected chi connectivity index (χ4v) is 1.17. The van der Waals surface area contributed by atoms with Crippen molar-refractivity contribution in [1.29, 1.82) is 0 Å². The fraction of sp³-hybridized carbons (Fsp3) is 0.778. The maximum Gasteiger partial charge on any atom is 0.0765 e. The van der Waals surface area contributed by atoms with Gasteiger partial charge in [0.05, 0.1) is 12.7 Å². The Kier molecular flexibility index (Phi) is 2.14. The highest BCUT2D eigenvalue weighted by atomic mass is 16.5. The van der Waals surface area contributed by atoms with Crippen molar-refractivity contribution in [1.82, 2.24) is 0 Å². The quantitative estimate of drug-likeness (QED) is 0.508. The molecule has 0 fully saturated rings. The van der Waals surface area contributed by atoms with E-state index in [0.29, 0.717) is 11.5 Å². The molecule has 0 N–H and O–H groups in total. The molecule has 0 bridgehead atoms. The molecule has 1 aliphatic rings. The molecule has 10 heavy (non-hydrogen) atoms. The molecule has 0 radical (unpaired) electrons. The van der Waals surface area contributed by atoms with Crippen LogP contribution in [0.25, 0.3) is 0 Å². The molecule has 0 saturated carbocycles. The normalized spacial score (nSPS) is 25.7. The summed E-state index contributed by atoms with van der Waals surface area (Å²) in [6.07, 6.45) is 5.76. The van der Waals surface area contributed by atoms with Gasteiger partial charge < -0.3 is 4.74 Å². The van der Waals surface area contributed by atoms with Crippen LogP contribution in [0.4, 0.5) is 0 Å². The molecule has 1 atom stereocenters. The monoisotopic (exact) mass is 140 g/mol. The van der Waals surface area contributed by atoms with Crippen LogP contribution in [-0.4, -0.2) is 12.7 Å². The molecule has 1 nitrogen and oxygen atoms in total. The summed E-state index contributed by atoms with van der Waals surface area (Å²) >= 11 is 0. The summed E-state index contributed by atoms with van der Waals surface area (Å²) < 4.78 is 5.42. The standard InChI is InChI=1S/C9H16O/c1-9(2,3)7-8-5-4-6-10-8/h4-5,8H,6-7H2,1-3H3. The lowest BCUT2D eigenvalue weighted by Gasteiger charge is -2.21. The van der Waals surface area contributed by atoms with Gasteiger partial charge in [0.1, 0.15) is 0 Å². The van der Waals surface area contributed by atoms with E-state index in [2.05, 4.69) is 32.9 Å². The van der Waals surface area contributed by atoms with E-state index >= 15 is 0 Å². The molecule has 0 amide bonds. The Hall–Kier alpha value is -0.300. The molecular weight excluding hydrogens is 124 g/mol. The Morgan fingerprint density at radius 1 is 1.50 bits per heavy atom. The molecule has 0 saturated heterocycles. The molecule has 1 aliphatic heterocycles. The van der Waals surface area contributed by atoms with E-state index in [1.54, 1.807) is 0 Å². The highest BCUT2D eigenvalue weighted by molar-refractivity contribution is 4.96. The van der Waals surface area contributed by atoms with Gasteiger partial charge in [-0.1, -0.05) is 32.9 Å². The van der Waals surface area contributed by atoms with Crippen LogP contribution < -0.4 is 0 Å². The van der Waals surface area contributed by atoms with Gasteiger partial charge in [0.2, 0.25) is 0 Å². The van der Waals surface area contributed by atoms with Crippen molar-refractivity contribution in [2.45, 2.75) is 33.3 Å². The third-order valence-electron chi connectivity index (χ3n) is 1.57. The minimum atomic E-state index is 0.375. The van der Waals surface area contributed by atoms with Crippen LogP contribution in [0.5, 0.6) is 0 Å². The second-order valence-corrected chi connectivity index (χ2v) is 4.06. The summed E-state index contributed by atoms with van der Waals surface area (Å²) in [5.41, 5.74) is 0.388. The lowest BCUT2D eigenvalue weighted by molar-refractivity contribution is 0.0928. The van der Waals surface area contributed by atoms with E-state index < -0.39 is 0 Å². The number of hydrogen-bond acceptors (Lipinski definition) is 1. The first-order valence-corrected chi connectivity index (χ1v) is 3.86. The average Bonchev–Trinajstić information content (AvgIpc) is 2.12. The van der Waals surface area contributed by atoms with Gasteiger partial charge in [-0.25, -0.2) is 0 Å². The Morgan fingerprint density at radius 2 is 2.20 bits per heavy atom. The van der Waals surface area contributed by atoms with Crippen LogP contribution in [0.15, 0.2) is 12.2 Å². The van der Waals surface area contributed by atoms with Gasteiger partial charge >= 0.3 is 0 Å². The number of hydrogen-bond donors (Lipinski definition) is 0. The van der Waals surface area contributed by atoms with Gasteiger partial charge in [0.25, 0.3) is 0 Å². The highest BCUT2D eigenvalue weighted by Gasteiger charge is 2.18. The van der Waals surface area contributed by atoms with Crippen LogP contribution in [-0.2, 0) is 4.74 Å². The zero-order chi connectivity index (χ0) is 7.61. The van der Waals surface area contributed by atoms with Crippen LogP contribution in [0, 0.1) is 5.41 Å². The fourth-order valence-electron chi connectivity index (χ4n) is 1.17. The van der Waals surface area contributed by atoms with Crippen molar-refractivity contribution in [2.75, 3.05) is 6.61 Å². The van der Waals surface area contributed by atoms with Gasteiger partial charge in [0, 0.05) is 0 Å². The molecular formula is C9H16O. The second kappa shape index (κ2) is 2.75. The van der Waals surface area contributed by atoms with Crippen LogP contribution >= 0.6 is 0 Å². The number of ether oxygens (including phenoxy) is 1. The Labute approximate surface area is 63.1 Å². The van der Waals surface area contributed by atoms with Crippen LogP contribution in [0.2, 0.25) is 0 Å². The zero-order valence-electron chi connectivity index (χ0n) is 7.05. The first-order valence-electron chi connectivity index (χ1n) is 3.86. The minimum absolute atomic E-state index is 0.375. The second-order valence-electron chi connectivity index (χ2n) is 4.06. The Balaban J connectivity index is 2.31. The predicted molar refractivity (Wildman–Crippen MR) is 43.0 cm³/mol. The van der Waals surface area contributed by atoms with Crippen molar-refractivity contribution in [3.63, 3.8) is 0 Å². The Morgan fingerprint density at radius 3 is 2.60 bits per heavy atom. The predicted octanol–water partition coefficient (Wildman–Crippen LogP) is 2.38. The van der Waals surface area contributed by atoms with E-state index in [1.807, 2.05) is 0 Å². The zero-order valence-corrected chi connectivity index (χ0v) is 7.05. The molecule has 0 aromatic heterocycles. The average molecular weight is 140 g/mol. The molecule has 58 valence electrons. The highest BCUT2D eigenvalue weighted by Crippen LogP contribution is 2.24. The largest absolute Gasteiger partial charge is 0.370 e. The van der Waals surface area contributed by atoms with Crippen molar-refractivity contribution in [2.24, 2.45) is 5.41 Å². The minimum Gasteiger partial charge on any atom is -0.370 e. The van der Waals surface area contributed by atoms with Gasteiger partial charge in [-0.15, -0.1) is 0 Å². The van der Waals surface area contributed by atoms with E-state index in [0.717, 1.165) is 13.0 Å². The Bertz CT molecular complexity index is 130. The molecule has 1 rings (SSSR count). The van der Waals surface area contributed by atoms with Crippen molar-refractivity contribution >= 4 is 0 Å². The van der Waals surface area contributed by atoms with Gasteiger partial charge in [-0.3, -0.25) is 0 Å². The van der Waals surface area contributed by atoms with Crippen molar-refractivity contribution in [3.8, 4) is 0 Å². The van der Waals surface area contributed by atoms with E-state index in [4.69, 9.17) is 4.74 Å². The molecule has 1 unspecified atom stereocenters. The van der Waals surface area contributed by atoms with E-state index in [-0.39, 0.29) is 0 Å².